The maximum Gasteiger partial charge on any atom is 0.323 e. The van der Waals surface area contributed by atoms with Crippen molar-refractivity contribution in [3.8, 4) is 5.75 Å². The first-order valence-electron chi connectivity index (χ1n) is 5.84. The van der Waals surface area contributed by atoms with Crippen LogP contribution in [0.15, 0.2) is 22.7 Å². The van der Waals surface area contributed by atoms with E-state index in [9.17, 15) is 4.79 Å². The van der Waals surface area contributed by atoms with Gasteiger partial charge >= 0.3 is 5.97 Å². The summed E-state index contributed by atoms with van der Waals surface area (Å²) < 4.78 is 11.6. The summed E-state index contributed by atoms with van der Waals surface area (Å²) in [6.45, 7) is 2.66. The number of hydrogen-bond donors (Lipinski definition) is 1. The van der Waals surface area contributed by atoms with Crippen LogP contribution in [-0.4, -0.2) is 31.8 Å². The third-order valence-corrected chi connectivity index (χ3v) is 3.50. The third-order valence-electron chi connectivity index (χ3n) is 3.01. The first-order chi connectivity index (χ1) is 8.60. The highest BCUT2D eigenvalue weighted by Gasteiger charge is 2.31. The van der Waals surface area contributed by atoms with E-state index in [4.69, 9.17) is 9.47 Å². The lowest BCUT2D eigenvalue weighted by molar-refractivity contribution is -0.142. The number of ether oxygens (including phenoxy) is 2. The highest BCUT2D eigenvalue weighted by atomic mass is 79.9. The van der Waals surface area contributed by atoms with Crippen LogP contribution in [0.3, 0.4) is 0 Å². The average molecular weight is 314 g/mol. The van der Waals surface area contributed by atoms with E-state index in [0.717, 1.165) is 15.8 Å². The largest absolute Gasteiger partial charge is 0.489 e. The molecule has 1 saturated heterocycles. The molecule has 2 rings (SSSR count). The quantitative estimate of drug-likeness (QED) is 0.868. The second-order valence-electron chi connectivity index (χ2n) is 4.37. The summed E-state index contributed by atoms with van der Waals surface area (Å²) >= 11 is 3.42. The van der Waals surface area contributed by atoms with Gasteiger partial charge in [0.15, 0.2) is 0 Å². The van der Waals surface area contributed by atoms with Gasteiger partial charge in [0.1, 0.15) is 17.9 Å². The number of aryl methyl sites for hydroxylation is 1. The molecule has 0 amide bonds. The molecule has 18 heavy (non-hydrogen) atoms. The van der Waals surface area contributed by atoms with Crippen LogP contribution in [0.4, 0.5) is 0 Å². The SMILES string of the molecule is COC(=O)C1CC(Oc2ccc(Br)cc2C)CN1. The van der Waals surface area contributed by atoms with Crippen molar-refractivity contribution >= 4 is 21.9 Å². The molecular weight excluding hydrogens is 298 g/mol. The Morgan fingerprint density at radius 3 is 2.94 bits per heavy atom. The first-order valence-corrected chi connectivity index (χ1v) is 6.63. The second kappa shape index (κ2) is 5.71. The minimum atomic E-state index is -0.254. The Morgan fingerprint density at radius 1 is 1.50 bits per heavy atom. The van der Waals surface area contributed by atoms with Crippen molar-refractivity contribution in [2.75, 3.05) is 13.7 Å². The molecule has 1 fully saturated rings. The number of nitrogens with one attached hydrogen (secondary N) is 1. The lowest BCUT2D eigenvalue weighted by Gasteiger charge is -2.15. The van der Waals surface area contributed by atoms with Crippen LogP contribution in [0.5, 0.6) is 5.75 Å². The van der Waals surface area contributed by atoms with E-state index in [-0.39, 0.29) is 18.1 Å². The summed E-state index contributed by atoms with van der Waals surface area (Å²) in [5.74, 6) is 0.629. The van der Waals surface area contributed by atoms with Gasteiger partial charge in [-0.1, -0.05) is 15.9 Å². The smallest absolute Gasteiger partial charge is 0.323 e. The molecule has 1 heterocycles. The van der Waals surface area contributed by atoms with E-state index in [2.05, 4.69) is 21.2 Å². The van der Waals surface area contributed by atoms with E-state index in [0.29, 0.717) is 13.0 Å². The molecule has 1 aromatic carbocycles. The van der Waals surface area contributed by atoms with Crippen LogP contribution in [0.1, 0.15) is 12.0 Å². The lowest BCUT2D eigenvalue weighted by Crippen LogP contribution is -2.31. The molecule has 1 N–H and O–H groups in total. The summed E-state index contributed by atoms with van der Waals surface area (Å²) in [6, 6.07) is 5.64. The first kappa shape index (κ1) is 13.4. The van der Waals surface area contributed by atoms with Gasteiger partial charge in [-0.05, 0) is 30.7 Å². The molecule has 2 unspecified atom stereocenters. The fourth-order valence-electron chi connectivity index (χ4n) is 2.04. The number of carbonyl (C=O) groups is 1. The molecule has 0 bridgehead atoms. The topological polar surface area (TPSA) is 47.6 Å². The Morgan fingerprint density at radius 2 is 2.28 bits per heavy atom. The van der Waals surface area contributed by atoms with Crippen LogP contribution >= 0.6 is 15.9 Å². The van der Waals surface area contributed by atoms with Crippen molar-refractivity contribution in [3.63, 3.8) is 0 Å². The van der Waals surface area contributed by atoms with Crippen molar-refractivity contribution in [3.05, 3.63) is 28.2 Å². The molecule has 0 spiro atoms. The maximum absolute atomic E-state index is 11.4. The van der Waals surface area contributed by atoms with Gasteiger partial charge in [0.05, 0.1) is 7.11 Å². The Hall–Kier alpha value is -1.07. The highest BCUT2D eigenvalue weighted by Crippen LogP contribution is 2.25. The van der Waals surface area contributed by atoms with Gasteiger partial charge in [0.2, 0.25) is 0 Å². The predicted octanol–water partition coefficient (Wildman–Crippen LogP) is 2.04. The standard InChI is InChI=1S/C13H16BrNO3/c1-8-5-9(14)3-4-12(8)18-10-6-11(15-7-10)13(16)17-2/h3-5,10-11,15H,6-7H2,1-2H3. The molecule has 1 aliphatic rings. The minimum Gasteiger partial charge on any atom is -0.489 e. The monoisotopic (exact) mass is 313 g/mol. The molecule has 0 aromatic heterocycles. The molecule has 5 heteroatoms. The zero-order valence-electron chi connectivity index (χ0n) is 10.4. The fraction of sp³-hybridized carbons (Fsp3) is 0.462. The summed E-state index contributed by atoms with van der Waals surface area (Å²) in [5, 5.41) is 3.10. The van der Waals surface area contributed by atoms with Gasteiger partial charge in [0, 0.05) is 17.4 Å². The zero-order valence-corrected chi connectivity index (χ0v) is 12.0. The number of rotatable bonds is 3. The minimum absolute atomic E-state index is 0.00831. The number of carbonyl (C=O) groups excluding carboxylic acids is 1. The number of halogens is 1. The molecule has 0 saturated carbocycles. The molecule has 4 nitrogen and oxygen atoms in total. The van der Waals surface area contributed by atoms with Crippen LogP contribution in [0, 0.1) is 6.92 Å². The van der Waals surface area contributed by atoms with Gasteiger partial charge in [-0.15, -0.1) is 0 Å². The Bertz CT molecular complexity index is 450. The normalized spacial score (nSPS) is 22.8. The van der Waals surface area contributed by atoms with Crippen molar-refractivity contribution in [2.45, 2.75) is 25.5 Å². The van der Waals surface area contributed by atoms with E-state index < -0.39 is 0 Å². The summed E-state index contributed by atoms with van der Waals surface area (Å²) in [5.41, 5.74) is 1.07. The maximum atomic E-state index is 11.4. The third kappa shape index (κ3) is 3.03. The molecule has 0 aliphatic carbocycles. The second-order valence-corrected chi connectivity index (χ2v) is 5.29. The summed E-state index contributed by atoms with van der Waals surface area (Å²) in [6.07, 6.45) is 0.649. The number of hydrogen-bond acceptors (Lipinski definition) is 4. The van der Waals surface area contributed by atoms with Crippen LogP contribution in [0.25, 0.3) is 0 Å². The summed E-state index contributed by atoms with van der Waals surface area (Å²) in [4.78, 5) is 11.4. The molecule has 1 aliphatic heterocycles. The Kier molecular flexibility index (Phi) is 4.24. The van der Waals surface area contributed by atoms with Gasteiger partial charge in [-0.3, -0.25) is 4.79 Å². The van der Waals surface area contributed by atoms with Gasteiger partial charge in [-0.2, -0.15) is 0 Å². The number of esters is 1. The highest BCUT2D eigenvalue weighted by molar-refractivity contribution is 9.10. The van der Waals surface area contributed by atoms with E-state index >= 15 is 0 Å². The molecule has 98 valence electrons. The Labute approximate surface area is 115 Å². The zero-order chi connectivity index (χ0) is 13.1. The number of methoxy groups -OCH3 is 1. The van der Waals surface area contributed by atoms with Crippen molar-refractivity contribution < 1.29 is 14.3 Å². The lowest BCUT2D eigenvalue weighted by atomic mass is 10.2. The van der Waals surface area contributed by atoms with Gasteiger partial charge < -0.3 is 14.8 Å². The van der Waals surface area contributed by atoms with E-state index in [1.54, 1.807) is 0 Å². The van der Waals surface area contributed by atoms with Gasteiger partial charge in [0.25, 0.3) is 0 Å². The van der Waals surface area contributed by atoms with Crippen LogP contribution < -0.4 is 10.1 Å². The molecular formula is C13H16BrNO3. The Balaban J connectivity index is 1.97. The van der Waals surface area contributed by atoms with Crippen LogP contribution in [-0.2, 0) is 9.53 Å². The molecule has 0 radical (unpaired) electrons. The fourth-order valence-corrected chi connectivity index (χ4v) is 2.52. The van der Waals surface area contributed by atoms with Crippen molar-refractivity contribution in [2.24, 2.45) is 0 Å². The van der Waals surface area contributed by atoms with E-state index in [1.807, 2.05) is 25.1 Å². The number of benzene rings is 1. The molecule has 1 aromatic rings. The van der Waals surface area contributed by atoms with Crippen molar-refractivity contribution in [1.82, 2.24) is 5.32 Å². The summed E-state index contributed by atoms with van der Waals surface area (Å²) in [7, 11) is 1.40. The average Bonchev–Trinajstić information content (AvgIpc) is 2.80. The predicted molar refractivity (Wildman–Crippen MR) is 71.7 cm³/mol. The van der Waals surface area contributed by atoms with Crippen LogP contribution in [0.2, 0.25) is 0 Å². The van der Waals surface area contributed by atoms with Crippen molar-refractivity contribution in [1.29, 1.82) is 0 Å². The van der Waals surface area contributed by atoms with E-state index in [1.165, 1.54) is 7.11 Å². The van der Waals surface area contributed by atoms with Gasteiger partial charge in [-0.25, -0.2) is 0 Å². The molecule has 2 atom stereocenters.